The number of hydrogen-bond donors (Lipinski definition) is 3. The highest BCUT2D eigenvalue weighted by Gasteiger charge is 2.35. The first-order chi connectivity index (χ1) is 12.9. The van der Waals surface area contributed by atoms with Crippen molar-refractivity contribution < 1.29 is 19.4 Å². The van der Waals surface area contributed by atoms with E-state index in [1.165, 1.54) is 11.1 Å². The average Bonchev–Trinajstić information content (AvgIpc) is 3.11. The highest BCUT2D eigenvalue weighted by Crippen LogP contribution is 2.24. The summed E-state index contributed by atoms with van der Waals surface area (Å²) >= 11 is 0. The number of aryl methyl sites for hydroxylation is 1. The number of nitrogens with one attached hydrogen (secondary N) is 2. The summed E-state index contributed by atoms with van der Waals surface area (Å²) in [6.07, 6.45) is 0.525. The van der Waals surface area contributed by atoms with Crippen molar-refractivity contribution in [2.24, 2.45) is 0 Å². The van der Waals surface area contributed by atoms with Gasteiger partial charge in [-0.05, 0) is 26.0 Å². The van der Waals surface area contributed by atoms with Crippen LogP contribution in [0.2, 0.25) is 0 Å². The molecule has 2 aliphatic rings. The van der Waals surface area contributed by atoms with Gasteiger partial charge in [0.15, 0.2) is 0 Å². The van der Waals surface area contributed by atoms with Crippen molar-refractivity contribution >= 4 is 11.9 Å². The van der Waals surface area contributed by atoms with Crippen LogP contribution in [0.5, 0.6) is 0 Å². The maximum absolute atomic E-state index is 12.9. The van der Waals surface area contributed by atoms with Crippen molar-refractivity contribution in [2.75, 3.05) is 39.8 Å². The number of carboxylic acid groups (broad SMARTS) is 1. The van der Waals surface area contributed by atoms with Gasteiger partial charge in [-0.15, -0.1) is 0 Å². The highest BCUT2D eigenvalue weighted by molar-refractivity contribution is 5.82. The maximum Gasteiger partial charge on any atom is 0.317 e. The molecule has 8 heteroatoms. The summed E-state index contributed by atoms with van der Waals surface area (Å²) in [6, 6.07) is 8.17. The van der Waals surface area contributed by atoms with Crippen LogP contribution in [0.4, 0.5) is 0 Å². The van der Waals surface area contributed by atoms with E-state index in [1.54, 1.807) is 11.9 Å². The number of carbonyl (C=O) groups is 2. The third-order valence-electron chi connectivity index (χ3n) is 5.05. The van der Waals surface area contributed by atoms with Crippen LogP contribution in [-0.2, 0) is 14.3 Å². The third-order valence-corrected chi connectivity index (χ3v) is 5.05. The van der Waals surface area contributed by atoms with E-state index in [0.29, 0.717) is 32.7 Å². The van der Waals surface area contributed by atoms with Crippen LogP contribution in [0, 0.1) is 6.92 Å². The summed E-state index contributed by atoms with van der Waals surface area (Å²) in [6.45, 7) is 4.01. The molecule has 0 radical (unpaired) electrons. The summed E-state index contributed by atoms with van der Waals surface area (Å²) in [5.41, 5.74) is 8.73. The van der Waals surface area contributed by atoms with E-state index in [1.807, 2.05) is 4.90 Å². The van der Waals surface area contributed by atoms with Gasteiger partial charge in [0, 0.05) is 25.7 Å². The first kappa shape index (κ1) is 19.8. The molecule has 1 aromatic carbocycles. The van der Waals surface area contributed by atoms with E-state index >= 15 is 0 Å². The van der Waals surface area contributed by atoms with Gasteiger partial charge in [0.1, 0.15) is 6.04 Å². The van der Waals surface area contributed by atoms with Gasteiger partial charge in [0.25, 0.3) is 0 Å². The molecule has 3 rings (SSSR count). The van der Waals surface area contributed by atoms with E-state index < -0.39 is 5.97 Å². The molecular formula is C19H28N4O4. The number of carbonyl (C=O) groups excluding carboxylic acids is 1. The van der Waals surface area contributed by atoms with Gasteiger partial charge >= 0.3 is 5.97 Å². The Morgan fingerprint density at radius 3 is 2.74 bits per heavy atom. The van der Waals surface area contributed by atoms with Crippen molar-refractivity contribution in [1.29, 1.82) is 0 Å². The van der Waals surface area contributed by atoms with Crippen molar-refractivity contribution in [3.63, 3.8) is 0 Å². The lowest BCUT2D eigenvalue weighted by Gasteiger charge is -2.35. The minimum absolute atomic E-state index is 0.0415. The van der Waals surface area contributed by atoms with Crippen molar-refractivity contribution in [3.8, 4) is 0 Å². The summed E-state index contributed by atoms with van der Waals surface area (Å²) in [7, 11) is 1.74. The molecule has 3 atom stereocenters. The van der Waals surface area contributed by atoms with Crippen LogP contribution in [-0.4, -0.2) is 78.8 Å². The second kappa shape index (κ2) is 8.79. The molecule has 2 aliphatic heterocycles. The van der Waals surface area contributed by atoms with Crippen LogP contribution in [0.1, 0.15) is 23.6 Å². The van der Waals surface area contributed by atoms with Gasteiger partial charge in [-0.2, -0.15) is 0 Å². The number of likely N-dealkylation sites (N-methyl/N-ethyl adjacent to an activating group) is 1. The molecule has 0 spiro atoms. The van der Waals surface area contributed by atoms with E-state index in [0.717, 1.165) is 0 Å². The number of hydrazine groups is 1. The van der Waals surface area contributed by atoms with Gasteiger partial charge in [-0.3, -0.25) is 14.5 Å². The van der Waals surface area contributed by atoms with Gasteiger partial charge < -0.3 is 14.7 Å². The third kappa shape index (κ3) is 5.26. The molecular weight excluding hydrogens is 348 g/mol. The molecule has 1 aromatic rings. The molecule has 3 N–H and O–H groups in total. The smallest absolute Gasteiger partial charge is 0.317 e. The Labute approximate surface area is 159 Å². The zero-order chi connectivity index (χ0) is 19.4. The number of carboxylic acids is 1. The minimum atomic E-state index is -0.871. The number of hydrogen-bond acceptors (Lipinski definition) is 6. The number of benzene rings is 1. The highest BCUT2D eigenvalue weighted by atomic mass is 16.5. The monoisotopic (exact) mass is 376 g/mol. The second-order valence-corrected chi connectivity index (χ2v) is 7.41. The average molecular weight is 376 g/mol. The molecule has 0 aromatic heterocycles. The number of nitrogens with zero attached hydrogens (tertiary/aromatic N) is 2. The standard InChI is InChI=1S/C19H28N4O4/c1-13-3-5-14(6-4-13)16-9-17(21-20-16)19(26)23-7-8-27-15(11-23)10-22(2)12-18(24)25/h3-6,15-17,20-21H,7-12H2,1-2H3,(H,24,25). The van der Waals surface area contributed by atoms with E-state index in [4.69, 9.17) is 9.84 Å². The number of amides is 1. The lowest BCUT2D eigenvalue weighted by molar-refractivity contribution is -0.143. The normalized spacial score (nSPS) is 25.7. The molecule has 2 fully saturated rings. The van der Waals surface area contributed by atoms with Gasteiger partial charge in [-0.25, -0.2) is 10.9 Å². The molecule has 2 saturated heterocycles. The Kier molecular flexibility index (Phi) is 6.43. The van der Waals surface area contributed by atoms with Gasteiger partial charge in [0.05, 0.1) is 19.3 Å². The summed E-state index contributed by atoms with van der Waals surface area (Å²) in [4.78, 5) is 27.2. The summed E-state index contributed by atoms with van der Waals surface area (Å²) in [5, 5.41) is 8.87. The molecule has 1 amide bonds. The second-order valence-electron chi connectivity index (χ2n) is 7.41. The lowest BCUT2D eigenvalue weighted by atomic mass is 10.0. The number of aliphatic carboxylic acids is 1. The Morgan fingerprint density at radius 1 is 1.30 bits per heavy atom. The maximum atomic E-state index is 12.9. The zero-order valence-corrected chi connectivity index (χ0v) is 15.9. The fraction of sp³-hybridized carbons (Fsp3) is 0.579. The van der Waals surface area contributed by atoms with Crippen LogP contribution in [0.25, 0.3) is 0 Å². The molecule has 148 valence electrons. The van der Waals surface area contributed by atoms with Crippen molar-refractivity contribution in [2.45, 2.75) is 31.5 Å². The van der Waals surface area contributed by atoms with Crippen LogP contribution >= 0.6 is 0 Å². The predicted molar refractivity (Wildman–Crippen MR) is 100 cm³/mol. The fourth-order valence-electron chi connectivity index (χ4n) is 3.63. The predicted octanol–water partition coefficient (Wildman–Crippen LogP) is 0.146. The quantitative estimate of drug-likeness (QED) is 0.650. The Bertz CT molecular complexity index is 666. The minimum Gasteiger partial charge on any atom is -0.480 e. The molecule has 27 heavy (non-hydrogen) atoms. The van der Waals surface area contributed by atoms with Crippen molar-refractivity contribution in [3.05, 3.63) is 35.4 Å². The molecule has 0 saturated carbocycles. The van der Waals surface area contributed by atoms with Crippen LogP contribution < -0.4 is 10.9 Å². The van der Waals surface area contributed by atoms with Crippen LogP contribution in [0.15, 0.2) is 24.3 Å². The molecule has 0 aliphatic carbocycles. The Morgan fingerprint density at radius 2 is 2.04 bits per heavy atom. The molecule has 8 nitrogen and oxygen atoms in total. The lowest BCUT2D eigenvalue weighted by Crippen LogP contribution is -2.54. The van der Waals surface area contributed by atoms with E-state index in [9.17, 15) is 9.59 Å². The first-order valence-electron chi connectivity index (χ1n) is 9.30. The fourth-order valence-corrected chi connectivity index (χ4v) is 3.63. The molecule has 0 bridgehead atoms. The van der Waals surface area contributed by atoms with E-state index in [2.05, 4.69) is 42.0 Å². The van der Waals surface area contributed by atoms with E-state index in [-0.39, 0.29) is 30.6 Å². The Hall–Kier alpha value is -2.00. The zero-order valence-electron chi connectivity index (χ0n) is 15.9. The summed E-state index contributed by atoms with van der Waals surface area (Å²) < 4.78 is 5.71. The topological polar surface area (TPSA) is 94.1 Å². The number of rotatable bonds is 6. The van der Waals surface area contributed by atoms with Crippen LogP contribution in [0.3, 0.4) is 0 Å². The van der Waals surface area contributed by atoms with Gasteiger partial charge in [0.2, 0.25) is 5.91 Å². The molecule has 3 unspecified atom stereocenters. The Balaban J connectivity index is 1.53. The first-order valence-corrected chi connectivity index (χ1v) is 9.30. The largest absolute Gasteiger partial charge is 0.480 e. The SMILES string of the molecule is Cc1ccc(C2CC(C(=O)N3CCOC(CN(C)CC(=O)O)C3)NN2)cc1. The van der Waals surface area contributed by atoms with Gasteiger partial charge in [-0.1, -0.05) is 29.8 Å². The van der Waals surface area contributed by atoms with Crippen molar-refractivity contribution in [1.82, 2.24) is 20.7 Å². The molecule has 2 heterocycles. The number of morpholine rings is 1. The number of ether oxygens (including phenoxy) is 1. The summed E-state index contributed by atoms with van der Waals surface area (Å²) in [5.74, 6) is -0.809.